The summed E-state index contributed by atoms with van der Waals surface area (Å²) in [5, 5.41) is 11.8. The second-order valence-electron chi connectivity index (χ2n) is 5.78. The zero-order chi connectivity index (χ0) is 16.0. The second kappa shape index (κ2) is 7.36. The first-order valence-electron chi connectivity index (χ1n) is 6.71. The molecule has 2 N–H and O–H groups in total. The molecule has 4 nitrogen and oxygen atoms in total. The molecule has 0 fully saturated rings. The first kappa shape index (κ1) is 17.4. The van der Waals surface area contributed by atoms with Gasteiger partial charge in [0.15, 0.2) is 0 Å². The highest BCUT2D eigenvalue weighted by Crippen LogP contribution is 2.24. The monoisotopic (exact) mass is 301 g/mol. The number of hydrogen-bond acceptors (Lipinski definition) is 3. The van der Waals surface area contributed by atoms with Gasteiger partial charge in [-0.2, -0.15) is 8.78 Å². The van der Waals surface area contributed by atoms with Crippen LogP contribution in [-0.2, 0) is 0 Å². The van der Waals surface area contributed by atoms with Gasteiger partial charge in [0.2, 0.25) is 0 Å². The van der Waals surface area contributed by atoms with Crippen LogP contribution in [0.3, 0.4) is 0 Å². The van der Waals surface area contributed by atoms with Crippen LogP contribution in [-0.4, -0.2) is 30.3 Å². The van der Waals surface area contributed by atoms with Crippen molar-refractivity contribution in [1.29, 1.82) is 0 Å². The SMILES string of the molecule is CC(C)(C)C(CCO)NC(=O)c1ccccc1OC(F)F. The van der Waals surface area contributed by atoms with Crippen LogP contribution in [0.25, 0.3) is 0 Å². The summed E-state index contributed by atoms with van der Waals surface area (Å²) in [5.74, 6) is -0.665. The lowest BCUT2D eigenvalue weighted by Gasteiger charge is -2.31. The van der Waals surface area contributed by atoms with Crippen molar-refractivity contribution in [1.82, 2.24) is 5.32 Å². The van der Waals surface area contributed by atoms with Gasteiger partial charge < -0.3 is 15.2 Å². The van der Waals surface area contributed by atoms with Crippen molar-refractivity contribution in [2.24, 2.45) is 5.41 Å². The average molecular weight is 301 g/mol. The number of halogens is 2. The maximum absolute atomic E-state index is 12.3. The molecule has 6 heteroatoms. The van der Waals surface area contributed by atoms with E-state index in [9.17, 15) is 13.6 Å². The molecule has 0 aliphatic carbocycles. The van der Waals surface area contributed by atoms with Gasteiger partial charge in [-0.1, -0.05) is 32.9 Å². The van der Waals surface area contributed by atoms with Gasteiger partial charge in [-0.3, -0.25) is 4.79 Å². The number of rotatable bonds is 6. The van der Waals surface area contributed by atoms with Gasteiger partial charge in [-0.15, -0.1) is 0 Å². The molecular formula is C15H21F2NO3. The molecule has 118 valence electrons. The highest BCUT2D eigenvalue weighted by Gasteiger charge is 2.27. The number of aliphatic hydroxyl groups is 1. The molecule has 1 unspecified atom stereocenters. The number of carbonyl (C=O) groups is 1. The molecule has 1 aromatic rings. The van der Waals surface area contributed by atoms with Gasteiger partial charge in [0.1, 0.15) is 5.75 Å². The summed E-state index contributed by atoms with van der Waals surface area (Å²) in [7, 11) is 0. The Balaban J connectivity index is 2.92. The van der Waals surface area contributed by atoms with Gasteiger partial charge in [0, 0.05) is 12.6 Å². The predicted molar refractivity (Wildman–Crippen MR) is 75.5 cm³/mol. The van der Waals surface area contributed by atoms with E-state index in [-0.39, 0.29) is 29.4 Å². The maximum atomic E-state index is 12.3. The lowest BCUT2D eigenvalue weighted by Crippen LogP contribution is -2.44. The summed E-state index contributed by atoms with van der Waals surface area (Å²) in [6, 6.07) is 5.55. The fourth-order valence-corrected chi connectivity index (χ4v) is 1.94. The lowest BCUT2D eigenvalue weighted by molar-refractivity contribution is -0.0501. The maximum Gasteiger partial charge on any atom is 0.387 e. The number of benzene rings is 1. The van der Waals surface area contributed by atoms with E-state index in [1.54, 1.807) is 6.07 Å². The van der Waals surface area contributed by atoms with Crippen LogP contribution in [0, 0.1) is 5.41 Å². The van der Waals surface area contributed by atoms with Crippen LogP contribution >= 0.6 is 0 Å². The fourth-order valence-electron chi connectivity index (χ4n) is 1.94. The fraction of sp³-hybridized carbons (Fsp3) is 0.533. The summed E-state index contributed by atoms with van der Waals surface area (Å²) in [6.07, 6.45) is 0.382. The second-order valence-corrected chi connectivity index (χ2v) is 5.78. The Kier molecular flexibility index (Phi) is 6.08. The van der Waals surface area contributed by atoms with Gasteiger partial charge in [-0.05, 0) is 24.0 Å². The highest BCUT2D eigenvalue weighted by molar-refractivity contribution is 5.97. The largest absolute Gasteiger partial charge is 0.434 e. The molecular weight excluding hydrogens is 280 g/mol. The highest BCUT2D eigenvalue weighted by atomic mass is 19.3. The Labute approximate surface area is 123 Å². The number of para-hydroxylation sites is 1. The van der Waals surface area contributed by atoms with Crippen LogP contribution < -0.4 is 10.1 Å². The molecule has 1 atom stereocenters. The molecule has 0 heterocycles. The number of nitrogens with one attached hydrogen (secondary N) is 1. The van der Waals surface area contributed by atoms with Crippen LogP contribution in [0.1, 0.15) is 37.6 Å². The van der Waals surface area contributed by atoms with E-state index in [0.29, 0.717) is 6.42 Å². The van der Waals surface area contributed by atoms with E-state index >= 15 is 0 Å². The van der Waals surface area contributed by atoms with Crippen molar-refractivity contribution in [2.45, 2.75) is 39.8 Å². The Hall–Kier alpha value is -1.69. The normalized spacial score (nSPS) is 13.1. The number of carbonyl (C=O) groups excluding carboxylic acids is 1. The quantitative estimate of drug-likeness (QED) is 0.849. The van der Waals surface area contributed by atoms with Gasteiger partial charge in [-0.25, -0.2) is 0 Å². The molecule has 1 amide bonds. The van der Waals surface area contributed by atoms with Crippen molar-refractivity contribution in [2.75, 3.05) is 6.61 Å². The first-order valence-corrected chi connectivity index (χ1v) is 6.71. The molecule has 0 saturated carbocycles. The minimum absolute atomic E-state index is 0.0463. The third-order valence-corrected chi connectivity index (χ3v) is 3.12. The minimum atomic E-state index is -2.99. The average Bonchev–Trinajstić information content (AvgIpc) is 2.37. The first-order chi connectivity index (χ1) is 9.75. The smallest absolute Gasteiger partial charge is 0.387 e. The van der Waals surface area contributed by atoms with E-state index in [4.69, 9.17) is 5.11 Å². The van der Waals surface area contributed by atoms with E-state index in [1.165, 1.54) is 18.2 Å². The lowest BCUT2D eigenvalue weighted by atomic mass is 9.84. The summed E-state index contributed by atoms with van der Waals surface area (Å²) >= 11 is 0. The number of amides is 1. The van der Waals surface area contributed by atoms with Crippen molar-refractivity contribution in [3.05, 3.63) is 29.8 Å². The predicted octanol–water partition coefficient (Wildman–Crippen LogP) is 2.81. The molecule has 1 rings (SSSR count). The summed E-state index contributed by atoms with van der Waals surface area (Å²) in [4.78, 5) is 12.3. The molecule has 0 aliphatic rings. The molecule has 1 aromatic carbocycles. The van der Waals surface area contributed by atoms with Crippen molar-refractivity contribution < 1.29 is 23.4 Å². The number of aliphatic hydroxyl groups excluding tert-OH is 1. The van der Waals surface area contributed by atoms with Gasteiger partial charge in [0.25, 0.3) is 5.91 Å². The molecule has 0 bridgehead atoms. The van der Waals surface area contributed by atoms with E-state index in [1.807, 2.05) is 20.8 Å². The zero-order valence-electron chi connectivity index (χ0n) is 12.4. The molecule has 0 saturated heterocycles. The van der Waals surface area contributed by atoms with Crippen molar-refractivity contribution >= 4 is 5.91 Å². The molecule has 0 spiro atoms. The Bertz CT molecular complexity index is 472. The van der Waals surface area contributed by atoms with E-state index in [0.717, 1.165) is 0 Å². The third kappa shape index (κ3) is 5.30. The summed E-state index contributed by atoms with van der Waals surface area (Å²) in [5.41, 5.74) is -0.221. The standard InChI is InChI=1S/C15H21F2NO3/c1-15(2,3)12(8-9-19)18-13(20)10-6-4-5-7-11(10)21-14(16)17/h4-7,12,14,19H,8-9H2,1-3H3,(H,18,20). The number of ether oxygens (including phenoxy) is 1. The summed E-state index contributed by atoms with van der Waals surface area (Å²) in [6.45, 7) is 2.71. The third-order valence-electron chi connectivity index (χ3n) is 3.12. The van der Waals surface area contributed by atoms with Crippen LogP contribution in [0.4, 0.5) is 8.78 Å². The molecule has 0 aliphatic heterocycles. The summed E-state index contributed by atoms with van der Waals surface area (Å²) < 4.78 is 29.0. The number of alkyl halides is 2. The van der Waals surface area contributed by atoms with Crippen LogP contribution in [0.15, 0.2) is 24.3 Å². The van der Waals surface area contributed by atoms with Crippen LogP contribution in [0.5, 0.6) is 5.75 Å². The topological polar surface area (TPSA) is 58.6 Å². The molecule has 0 radical (unpaired) electrons. The van der Waals surface area contributed by atoms with E-state index < -0.39 is 12.5 Å². The Morgan fingerprint density at radius 1 is 1.33 bits per heavy atom. The molecule has 21 heavy (non-hydrogen) atoms. The van der Waals surface area contributed by atoms with Gasteiger partial charge >= 0.3 is 6.61 Å². The Morgan fingerprint density at radius 2 is 1.95 bits per heavy atom. The number of hydrogen-bond donors (Lipinski definition) is 2. The zero-order valence-corrected chi connectivity index (χ0v) is 12.4. The Morgan fingerprint density at radius 3 is 2.48 bits per heavy atom. The van der Waals surface area contributed by atoms with Gasteiger partial charge in [0.05, 0.1) is 5.56 Å². The van der Waals surface area contributed by atoms with Crippen molar-refractivity contribution in [3.63, 3.8) is 0 Å². The van der Waals surface area contributed by atoms with Crippen molar-refractivity contribution in [3.8, 4) is 5.75 Å². The van der Waals surface area contributed by atoms with Crippen LogP contribution in [0.2, 0.25) is 0 Å². The van der Waals surface area contributed by atoms with E-state index in [2.05, 4.69) is 10.1 Å². The molecule has 0 aromatic heterocycles. The minimum Gasteiger partial charge on any atom is -0.434 e.